The first-order valence-electron chi connectivity index (χ1n) is 3.94. The van der Waals surface area contributed by atoms with Crippen LogP contribution >= 0.6 is 11.6 Å². The van der Waals surface area contributed by atoms with Gasteiger partial charge in [0.05, 0.1) is 5.88 Å². The Morgan fingerprint density at radius 3 is 3.08 bits per heavy atom. The second-order valence-electron chi connectivity index (χ2n) is 2.81. The van der Waals surface area contributed by atoms with E-state index in [9.17, 15) is 4.39 Å². The van der Waals surface area contributed by atoms with Crippen LogP contribution in [0.25, 0.3) is 0 Å². The van der Waals surface area contributed by atoms with E-state index in [1.54, 1.807) is 0 Å². The number of aliphatic hydroxyl groups excluding tert-OH is 1. The molecule has 5 heteroatoms. The summed E-state index contributed by atoms with van der Waals surface area (Å²) in [6.07, 6.45) is -1.75. The lowest BCUT2D eigenvalue weighted by molar-refractivity contribution is -0.0275. The summed E-state index contributed by atoms with van der Waals surface area (Å²) in [4.78, 5) is 1.54. The molecule has 1 aliphatic heterocycles. The molecule has 0 amide bonds. The second-order valence-corrected chi connectivity index (χ2v) is 3.12. The SMILES string of the molecule is O[C@@H](CCl)C[N+]1CCOCC1F. The lowest BCUT2D eigenvalue weighted by Gasteiger charge is -2.22. The van der Waals surface area contributed by atoms with Gasteiger partial charge in [0.1, 0.15) is 25.9 Å². The van der Waals surface area contributed by atoms with Crippen molar-refractivity contribution in [2.24, 2.45) is 0 Å². The fraction of sp³-hybridized carbons (Fsp3) is 1.00. The van der Waals surface area contributed by atoms with Crippen LogP contribution in [0.4, 0.5) is 4.39 Å². The summed E-state index contributed by atoms with van der Waals surface area (Å²) >= 11 is 5.39. The first kappa shape index (κ1) is 10.2. The molecule has 0 bridgehead atoms. The van der Waals surface area contributed by atoms with Crippen molar-refractivity contribution < 1.29 is 14.2 Å². The van der Waals surface area contributed by atoms with Crippen LogP contribution in [-0.4, -0.2) is 49.7 Å². The van der Waals surface area contributed by atoms with Crippen molar-refractivity contribution in [3.05, 3.63) is 0 Å². The summed E-state index contributed by atoms with van der Waals surface area (Å²) in [5.41, 5.74) is 0. The zero-order chi connectivity index (χ0) is 8.97. The van der Waals surface area contributed by atoms with Crippen LogP contribution in [-0.2, 0) is 4.74 Å². The molecule has 1 heterocycles. The molecule has 0 aromatic rings. The molecule has 3 nitrogen and oxygen atoms in total. The van der Waals surface area contributed by atoms with Crippen molar-refractivity contribution >= 4 is 11.6 Å². The highest BCUT2D eigenvalue weighted by Gasteiger charge is 2.33. The van der Waals surface area contributed by atoms with Gasteiger partial charge in [-0.15, -0.1) is 16.5 Å². The minimum atomic E-state index is -1.10. The van der Waals surface area contributed by atoms with Crippen molar-refractivity contribution in [1.29, 1.82) is 0 Å². The third kappa shape index (κ3) is 2.86. The third-order valence-corrected chi connectivity index (χ3v) is 2.15. The number of aliphatic hydroxyl groups is 1. The molecule has 0 aromatic heterocycles. The molecule has 12 heavy (non-hydrogen) atoms. The van der Waals surface area contributed by atoms with E-state index in [1.165, 1.54) is 4.90 Å². The highest BCUT2D eigenvalue weighted by Crippen LogP contribution is 2.05. The second kappa shape index (κ2) is 4.97. The van der Waals surface area contributed by atoms with Gasteiger partial charge >= 0.3 is 0 Å². The highest BCUT2D eigenvalue weighted by atomic mass is 35.5. The van der Waals surface area contributed by atoms with E-state index in [2.05, 4.69) is 0 Å². The molecule has 1 radical (unpaired) electrons. The van der Waals surface area contributed by atoms with Gasteiger partial charge < -0.3 is 9.84 Å². The van der Waals surface area contributed by atoms with Gasteiger partial charge in [0.25, 0.3) is 6.30 Å². The van der Waals surface area contributed by atoms with Crippen molar-refractivity contribution in [1.82, 2.24) is 4.90 Å². The van der Waals surface area contributed by atoms with Crippen molar-refractivity contribution in [2.45, 2.75) is 12.4 Å². The van der Waals surface area contributed by atoms with Gasteiger partial charge in [0.15, 0.2) is 6.54 Å². The van der Waals surface area contributed by atoms with Crippen LogP contribution in [0.5, 0.6) is 0 Å². The van der Waals surface area contributed by atoms with Crippen LogP contribution in [0.15, 0.2) is 0 Å². The first-order valence-corrected chi connectivity index (χ1v) is 4.47. The maximum Gasteiger partial charge on any atom is 0.297 e. The van der Waals surface area contributed by atoms with Gasteiger partial charge in [0, 0.05) is 0 Å². The number of alkyl halides is 2. The number of ether oxygens (including phenoxy) is 1. The third-order valence-electron chi connectivity index (χ3n) is 1.80. The van der Waals surface area contributed by atoms with E-state index >= 15 is 0 Å². The largest absolute Gasteiger partial charge is 0.386 e. The standard InChI is InChI=1S/C7H13ClFNO2/c8-3-6(11)4-10-1-2-12-5-7(10)9/h6-7,11H,1-5H2/q+1/t6-,7?/m0/s1. The number of halogens is 2. The van der Waals surface area contributed by atoms with Gasteiger partial charge in [-0.2, -0.15) is 4.39 Å². The van der Waals surface area contributed by atoms with Crippen LogP contribution in [0, 0.1) is 0 Å². The van der Waals surface area contributed by atoms with Gasteiger partial charge in [0.2, 0.25) is 0 Å². The van der Waals surface area contributed by atoms with Gasteiger partial charge in [-0.05, 0) is 0 Å². The van der Waals surface area contributed by atoms with Crippen molar-refractivity contribution in [3.63, 3.8) is 0 Å². The molecule has 0 saturated carbocycles. The molecular weight excluding hydrogens is 185 g/mol. The Balaban J connectivity index is 2.28. The fourth-order valence-electron chi connectivity index (χ4n) is 1.13. The van der Waals surface area contributed by atoms with Crippen LogP contribution < -0.4 is 4.90 Å². The Hall–Kier alpha value is 0.1000. The van der Waals surface area contributed by atoms with Gasteiger partial charge in [-0.25, -0.2) is 0 Å². The smallest absolute Gasteiger partial charge is 0.297 e. The molecule has 1 rings (SSSR count). The van der Waals surface area contributed by atoms with Crippen molar-refractivity contribution in [2.75, 3.05) is 32.2 Å². The molecule has 0 aliphatic carbocycles. The number of hydrogen-bond acceptors (Lipinski definition) is 3. The Morgan fingerprint density at radius 1 is 1.75 bits per heavy atom. The summed E-state index contributed by atoms with van der Waals surface area (Å²) in [6.45, 7) is 1.42. The highest BCUT2D eigenvalue weighted by molar-refractivity contribution is 6.18. The molecule has 1 aliphatic rings. The Bertz CT molecular complexity index is 139. The molecule has 0 aromatic carbocycles. The predicted octanol–water partition coefficient (Wildman–Crippen LogP) is 0.0520. The summed E-state index contributed by atoms with van der Waals surface area (Å²) in [6, 6.07) is 0. The van der Waals surface area contributed by atoms with Crippen LogP contribution in [0.1, 0.15) is 0 Å². The molecule has 1 fully saturated rings. The van der Waals surface area contributed by atoms with E-state index in [0.29, 0.717) is 13.2 Å². The van der Waals surface area contributed by atoms with Crippen LogP contribution in [0.3, 0.4) is 0 Å². The van der Waals surface area contributed by atoms with E-state index in [0.717, 1.165) is 0 Å². The van der Waals surface area contributed by atoms with E-state index < -0.39 is 12.4 Å². The Kier molecular flexibility index (Phi) is 4.21. The zero-order valence-electron chi connectivity index (χ0n) is 6.75. The van der Waals surface area contributed by atoms with E-state index in [4.69, 9.17) is 21.4 Å². The fourth-order valence-corrected chi connectivity index (χ4v) is 1.23. The maximum absolute atomic E-state index is 13.0. The van der Waals surface area contributed by atoms with Gasteiger partial charge in [-0.3, -0.25) is 0 Å². The summed E-state index contributed by atoms with van der Waals surface area (Å²) in [5.74, 6) is 0.143. The number of nitrogens with zero attached hydrogens (tertiary/aromatic N) is 1. The summed E-state index contributed by atoms with van der Waals surface area (Å²) in [5, 5.41) is 9.15. The minimum Gasteiger partial charge on any atom is -0.386 e. The minimum absolute atomic E-state index is 0.0923. The monoisotopic (exact) mass is 197 g/mol. The number of β-amino-alcohol motifs (C(OH)–C–C–N with tert-alkyl or cyclic N) is 1. The topological polar surface area (TPSA) is 35.4 Å². The lowest BCUT2D eigenvalue weighted by Crippen LogP contribution is -2.51. The average molecular weight is 198 g/mol. The normalized spacial score (nSPS) is 28.8. The van der Waals surface area contributed by atoms with E-state index in [1.807, 2.05) is 0 Å². The Labute approximate surface area is 76.1 Å². The quantitative estimate of drug-likeness (QED) is 0.394. The van der Waals surface area contributed by atoms with Crippen LogP contribution in [0.2, 0.25) is 0 Å². The lowest BCUT2D eigenvalue weighted by atomic mass is 10.3. The molecule has 2 atom stereocenters. The number of morpholine rings is 1. The number of rotatable bonds is 3. The molecule has 0 spiro atoms. The molecule has 1 saturated heterocycles. The Morgan fingerprint density at radius 2 is 2.50 bits per heavy atom. The van der Waals surface area contributed by atoms with Crippen molar-refractivity contribution in [3.8, 4) is 0 Å². The zero-order valence-corrected chi connectivity index (χ0v) is 7.50. The molecular formula is C7H13ClFNO2+. The molecule has 1 N–H and O–H groups in total. The maximum atomic E-state index is 13.0. The first-order chi connectivity index (χ1) is 5.74. The summed E-state index contributed by atoms with van der Waals surface area (Å²) in [7, 11) is 0. The summed E-state index contributed by atoms with van der Waals surface area (Å²) < 4.78 is 17.9. The van der Waals surface area contributed by atoms with E-state index in [-0.39, 0.29) is 19.0 Å². The van der Waals surface area contributed by atoms with Gasteiger partial charge in [-0.1, -0.05) is 0 Å². The predicted molar refractivity (Wildman–Crippen MR) is 44.3 cm³/mol. The molecule has 1 unspecified atom stereocenters. The average Bonchev–Trinajstić information content (AvgIpc) is 2.09. The number of hydrogen-bond donors (Lipinski definition) is 1. The molecule has 71 valence electrons.